The van der Waals surface area contributed by atoms with Gasteiger partial charge in [-0.2, -0.15) is 0 Å². The third-order valence-corrected chi connectivity index (χ3v) is 8.67. The van der Waals surface area contributed by atoms with Crippen LogP contribution >= 0.6 is 0 Å². The van der Waals surface area contributed by atoms with E-state index in [0.717, 1.165) is 44.9 Å². The minimum atomic E-state index is -0.140. The zero-order valence-electron chi connectivity index (χ0n) is 15.2. The zero-order chi connectivity index (χ0) is 16.6. The topological polar surface area (TPSA) is 37.3 Å². The molecule has 0 saturated heterocycles. The van der Waals surface area contributed by atoms with Crippen molar-refractivity contribution in [3.05, 3.63) is 11.1 Å². The number of allylic oxidation sites excluding steroid dienone is 1. The van der Waals surface area contributed by atoms with E-state index in [2.05, 4.69) is 27.7 Å². The highest BCUT2D eigenvalue weighted by Gasteiger charge is 2.64. The molecule has 0 aromatic rings. The smallest absolute Gasteiger partial charge is 0.139 e. The summed E-state index contributed by atoms with van der Waals surface area (Å²) in [4.78, 5) is 12.6. The van der Waals surface area contributed by atoms with Gasteiger partial charge in [0.2, 0.25) is 0 Å². The first-order chi connectivity index (χ1) is 10.7. The molecular weight excluding hydrogens is 284 g/mol. The SMILES string of the molecule is CC1=C2CC(O)CCC2(C)C2CCC3(C)C(=O)CCC3C2(C)C1. The molecule has 3 fully saturated rings. The van der Waals surface area contributed by atoms with Crippen LogP contribution in [-0.2, 0) is 4.79 Å². The monoisotopic (exact) mass is 316 g/mol. The molecule has 6 atom stereocenters. The normalized spacial score (nSPS) is 52.9. The largest absolute Gasteiger partial charge is 0.393 e. The first-order valence-electron chi connectivity index (χ1n) is 9.62. The molecule has 0 aromatic heterocycles. The lowest BCUT2D eigenvalue weighted by atomic mass is 9.41. The molecule has 0 aliphatic heterocycles. The molecule has 4 aliphatic carbocycles. The highest BCUT2D eigenvalue weighted by molar-refractivity contribution is 5.87. The standard InChI is InChI=1S/C21H32O2/c1-13-12-21(4)16-5-6-18(23)20(16,3)10-8-17(21)19(2)9-7-14(22)11-15(13)19/h14,16-17,22H,5-12H2,1-4H3. The van der Waals surface area contributed by atoms with Gasteiger partial charge in [-0.25, -0.2) is 0 Å². The number of hydrogen-bond donors (Lipinski definition) is 1. The molecule has 3 saturated carbocycles. The summed E-state index contributed by atoms with van der Waals surface area (Å²) in [6.07, 6.45) is 8.13. The Morgan fingerprint density at radius 3 is 2.39 bits per heavy atom. The van der Waals surface area contributed by atoms with Crippen molar-refractivity contribution in [1.82, 2.24) is 0 Å². The number of aliphatic hydroxyl groups excluding tert-OH is 1. The van der Waals surface area contributed by atoms with Gasteiger partial charge in [-0.1, -0.05) is 31.9 Å². The summed E-state index contributed by atoms with van der Waals surface area (Å²) < 4.78 is 0. The van der Waals surface area contributed by atoms with Crippen molar-refractivity contribution in [1.29, 1.82) is 0 Å². The number of carbonyl (C=O) groups excluding carboxylic acids is 1. The molecule has 0 spiro atoms. The minimum Gasteiger partial charge on any atom is -0.393 e. The van der Waals surface area contributed by atoms with Crippen LogP contribution in [0.2, 0.25) is 0 Å². The number of aliphatic hydroxyl groups is 1. The molecule has 23 heavy (non-hydrogen) atoms. The predicted octanol–water partition coefficient (Wildman–Crippen LogP) is 4.66. The molecule has 0 amide bonds. The van der Waals surface area contributed by atoms with Crippen LogP contribution in [0.3, 0.4) is 0 Å². The van der Waals surface area contributed by atoms with E-state index in [4.69, 9.17) is 0 Å². The average Bonchev–Trinajstić information content (AvgIpc) is 2.78. The maximum Gasteiger partial charge on any atom is 0.139 e. The van der Waals surface area contributed by atoms with Crippen molar-refractivity contribution in [3.63, 3.8) is 0 Å². The molecular formula is C21H32O2. The van der Waals surface area contributed by atoms with Gasteiger partial charge in [0.1, 0.15) is 5.78 Å². The second-order valence-electron chi connectivity index (χ2n) is 9.78. The Bertz CT molecular complexity index is 591. The first-order valence-corrected chi connectivity index (χ1v) is 9.62. The number of rotatable bonds is 0. The Morgan fingerprint density at radius 1 is 1.00 bits per heavy atom. The number of ketones is 1. The number of Topliss-reactive ketones (excluding diaryl/α,β-unsaturated/α-hetero) is 1. The summed E-state index contributed by atoms with van der Waals surface area (Å²) in [5, 5.41) is 10.2. The van der Waals surface area contributed by atoms with Crippen LogP contribution in [-0.4, -0.2) is 17.0 Å². The molecule has 1 N–H and O–H groups in total. The zero-order valence-corrected chi connectivity index (χ0v) is 15.2. The van der Waals surface area contributed by atoms with E-state index >= 15 is 0 Å². The van der Waals surface area contributed by atoms with Crippen LogP contribution in [0.5, 0.6) is 0 Å². The molecule has 0 bridgehead atoms. The summed E-state index contributed by atoms with van der Waals surface area (Å²) in [7, 11) is 0. The lowest BCUT2D eigenvalue weighted by Gasteiger charge is -2.63. The van der Waals surface area contributed by atoms with Crippen molar-refractivity contribution in [3.8, 4) is 0 Å². The fraction of sp³-hybridized carbons (Fsp3) is 0.857. The van der Waals surface area contributed by atoms with E-state index < -0.39 is 0 Å². The lowest BCUT2D eigenvalue weighted by molar-refractivity contribution is -0.140. The Balaban J connectivity index is 1.81. The van der Waals surface area contributed by atoms with Crippen LogP contribution in [0.4, 0.5) is 0 Å². The third kappa shape index (κ3) is 1.88. The van der Waals surface area contributed by atoms with Gasteiger partial charge in [-0.15, -0.1) is 0 Å². The summed E-state index contributed by atoms with van der Waals surface area (Å²) in [5.41, 5.74) is 3.54. The second kappa shape index (κ2) is 4.71. The lowest BCUT2D eigenvalue weighted by Crippen LogP contribution is -2.56. The van der Waals surface area contributed by atoms with Gasteiger partial charge in [0.15, 0.2) is 0 Å². The molecule has 0 heterocycles. The molecule has 2 nitrogen and oxygen atoms in total. The Hall–Kier alpha value is -0.630. The maximum atomic E-state index is 12.6. The van der Waals surface area contributed by atoms with Gasteiger partial charge in [-0.3, -0.25) is 4.79 Å². The van der Waals surface area contributed by atoms with Gasteiger partial charge in [-0.05, 0) is 74.5 Å². The Morgan fingerprint density at radius 2 is 1.65 bits per heavy atom. The van der Waals surface area contributed by atoms with Crippen LogP contribution < -0.4 is 0 Å². The molecule has 4 aliphatic rings. The summed E-state index contributed by atoms with van der Waals surface area (Å²) >= 11 is 0. The van der Waals surface area contributed by atoms with Gasteiger partial charge >= 0.3 is 0 Å². The first kappa shape index (κ1) is 15.9. The molecule has 0 radical (unpaired) electrons. The molecule has 0 aromatic carbocycles. The second-order valence-corrected chi connectivity index (χ2v) is 9.78. The Kier molecular flexibility index (Phi) is 3.25. The van der Waals surface area contributed by atoms with Gasteiger partial charge in [0.05, 0.1) is 6.10 Å². The number of hydrogen-bond acceptors (Lipinski definition) is 2. The molecule has 4 rings (SSSR count). The third-order valence-electron chi connectivity index (χ3n) is 8.67. The van der Waals surface area contributed by atoms with E-state index in [-0.39, 0.29) is 22.3 Å². The number of carbonyl (C=O) groups is 1. The van der Waals surface area contributed by atoms with E-state index in [1.165, 1.54) is 12.0 Å². The van der Waals surface area contributed by atoms with E-state index in [1.54, 1.807) is 5.57 Å². The van der Waals surface area contributed by atoms with Crippen molar-refractivity contribution in [2.24, 2.45) is 28.1 Å². The fourth-order valence-electron chi connectivity index (χ4n) is 7.67. The van der Waals surface area contributed by atoms with E-state index in [9.17, 15) is 9.90 Å². The highest BCUT2D eigenvalue weighted by atomic mass is 16.3. The van der Waals surface area contributed by atoms with Crippen LogP contribution in [0.1, 0.15) is 79.1 Å². The summed E-state index contributed by atoms with van der Waals surface area (Å²) in [6.45, 7) is 9.53. The number of fused-ring (bicyclic) bond motifs is 5. The van der Waals surface area contributed by atoms with Gasteiger partial charge in [0.25, 0.3) is 0 Å². The van der Waals surface area contributed by atoms with Gasteiger partial charge < -0.3 is 5.11 Å². The summed E-state index contributed by atoms with van der Waals surface area (Å²) in [5.74, 6) is 1.77. The summed E-state index contributed by atoms with van der Waals surface area (Å²) in [6, 6.07) is 0. The maximum absolute atomic E-state index is 12.6. The van der Waals surface area contributed by atoms with E-state index in [1.807, 2.05) is 0 Å². The molecule has 128 valence electrons. The minimum absolute atomic E-state index is 0.0619. The quantitative estimate of drug-likeness (QED) is 0.660. The average molecular weight is 316 g/mol. The van der Waals surface area contributed by atoms with Crippen molar-refractivity contribution in [2.45, 2.75) is 85.2 Å². The van der Waals surface area contributed by atoms with Crippen molar-refractivity contribution in [2.75, 3.05) is 0 Å². The fourth-order valence-corrected chi connectivity index (χ4v) is 7.67. The molecule has 2 heteroatoms. The molecule has 6 unspecified atom stereocenters. The highest BCUT2D eigenvalue weighted by Crippen LogP contribution is 2.70. The predicted molar refractivity (Wildman–Crippen MR) is 92.0 cm³/mol. The van der Waals surface area contributed by atoms with Crippen LogP contribution in [0.25, 0.3) is 0 Å². The van der Waals surface area contributed by atoms with Crippen molar-refractivity contribution < 1.29 is 9.90 Å². The Labute approximate surface area is 140 Å². The van der Waals surface area contributed by atoms with Crippen LogP contribution in [0.15, 0.2) is 11.1 Å². The van der Waals surface area contributed by atoms with E-state index in [0.29, 0.717) is 17.6 Å². The van der Waals surface area contributed by atoms with Crippen LogP contribution in [0, 0.1) is 28.1 Å². The van der Waals surface area contributed by atoms with Gasteiger partial charge in [0, 0.05) is 11.8 Å². The van der Waals surface area contributed by atoms with Crippen molar-refractivity contribution >= 4 is 5.78 Å².